The van der Waals surface area contributed by atoms with Gasteiger partial charge in [-0.2, -0.15) is 0 Å². The van der Waals surface area contributed by atoms with E-state index in [2.05, 4.69) is 0 Å². The van der Waals surface area contributed by atoms with E-state index in [0.717, 1.165) is 6.07 Å². The predicted octanol–water partition coefficient (Wildman–Crippen LogP) is 6.12. The van der Waals surface area contributed by atoms with E-state index < -0.39 is 17.8 Å². The lowest BCUT2D eigenvalue weighted by Gasteiger charge is -2.09. The van der Waals surface area contributed by atoms with Crippen LogP contribution in [-0.4, -0.2) is 11.9 Å². The zero-order chi connectivity index (χ0) is 19.3. The van der Waals surface area contributed by atoms with Gasteiger partial charge in [-0.25, -0.2) is 4.39 Å². The monoisotopic (exact) mass is 438 g/mol. The highest BCUT2D eigenvalue weighted by Gasteiger charge is 2.16. The van der Waals surface area contributed by atoms with Crippen molar-refractivity contribution in [2.45, 2.75) is 19.3 Å². The molecule has 0 saturated heterocycles. The molecule has 2 aromatic carbocycles. The number of hydrogen-bond donors (Lipinski definition) is 0. The molecule has 0 saturated carbocycles. The predicted molar refractivity (Wildman–Crippen MR) is 98.0 cm³/mol. The zero-order valence-electron chi connectivity index (χ0n) is 13.0. The molecule has 138 valence electrons. The Balaban J connectivity index is 1.84. The van der Waals surface area contributed by atoms with Crippen LogP contribution < -0.4 is 9.47 Å². The number of benzene rings is 2. The SMILES string of the molecule is O=C(CCCC(=O)Oc1c(Cl)cc(Cl)cc1Cl)Oc1c(F)cccc1Cl. The molecule has 9 heteroatoms. The van der Waals surface area contributed by atoms with Crippen molar-refractivity contribution >= 4 is 58.3 Å². The van der Waals surface area contributed by atoms with E-state index >= 15 is 0 Å². The quantitative estimate of drug-likeness (QED) is 0.401. The van der Waals surface area contributed by atoms with E-state index in [0.29, 0.717) is 5.02 Å². The number of ether oxygens (including phenoxy) is 2. The minimum absolute atomic E-state index is 0.0107. The first-order valence-electron chi connectivity index (χ1n) is 7.28. The molecule has 0 aromatic heterocycles. The van der Waals surface area contributed by atoms with Crippen LogP contribution in [0.15, 0.2) is 30.3 Å². The number of halogens is 5. The number of hydrogen-bond acceptors (Lipinski definition) is 4. The summed E-state index contributed by atoms with van der Waals surface area (Å²) in [5.74, 6) is -2.48. The number of rotatable bonds is 6. The van der Waals surface area contributed by atoms with Crippen LogP contribution in [0.2, 0.25) is 20.1 Å². The van der Waals surface area contributed by atoms with Gasteiger partial charge in [-0.3, -0.25) is 9.59 Å². The fraction of sp³-hybridized carbons (Fsp3) is 0.176. The van der Waals surface area contributed by atoms with Gasteiger partial charge in [0.25, 0.3) is 0 Å². The molecular formula is C17H11Cl4FO4. The molecule has 0 unspecified atom stereocenters. The molecule has 0 spiro atoms. The highest BCUT2D eigenvalue weighted by atomic mass is 35.5. The van der Waals surface area contributed by atoms with Gasteiger partial charge in [0.1, 0.15) is 0 Å². The standard InChI is InChI=1S/C17H11Cl4FO4/c18-9-7-11(20)16(12(21)8-9)25-14(23)5-2-6-15(24)26-17-10(19)3-1-4-13(17)22/h1,3-4,7-8H,2,5-6H2. The van der Waals surface area contributed by atoms with Crippen molar-refractivity contribution < 1.29 is 23.5 Å². The molecule has 2 aromatic rings. The number of esters is 2. The van der Waals surface area contributed by atoms with Crippen molar-refractivity contribution in [2.75, 3.05) is 0 Å². The molecule has 0 aliphatic carbocycles. The topological polar surface area (TPSA) is 52.6 Å². The van der Waals surface area contributed by atoms with Crippen molar-refractivity contribution in [3.8, 4) is 11.5 Å². The molecule has 0 radical (unpaired) electrons. The summed E-state index contributed by atoms with van der Waals surface area (Å²) in [5, 5.41) is 0.452. The first-order valence-corrected chi connectivity index (χ1v) is 8.79. The van der Waals surface area contributed by atoms with Crippen LogP contribution in [0.25, 0.3) is 0 Å². The first-order chi connectivity index (χ1) is 12.3. The second-order valence-electron chi connectivity index (χ2n) is 5.05. The summed E-state index contributed by atoms with van der Waals surface area (Å²) < 4.78 is 23.5. The minimum Gasteiger partial charge on any atom is -0.423 e. The summed E-state index contributed by atoms with van der Waals surface area (Å²) in [6, 6.07) is 6.66. The Morgan fingerprint density at radius 2 is 1.38 bits per heavy atom. The largest absolute Gasteiger partial charge is 0.423 e. The molecule has 26 heavy (non-hydrogen) atoms. The average molecular weight is 440 g/mol. The van der Waals surface area contributed by atoms with Crippen molar-refractivity contribution in [2.24, 2.45) is 0 Å². The van der Waals surface area contributed by atoms with E-state index in [9.17, 15) is 14.0 Å². The lowest BCUT2D eigenvalue weighted by atomic mass is 10.2. The third-order valence-electron chi connectivity index (χ3n) is 3.08. The smallest absolute Gasteiger partial charge is 0.311 e. The van der Waals surface area contributed by atoms with Crippen LogP contribution in [0.5, 0.6) is 11.5 Å². The summed E-state index contributed by atoms with van der Waals surface area (Å²) in [7, 11) is 0. The van der Waals surface area contributed by atoms with Gasteiger partial charge in [0, 0.05) is 17.9 Å². The van der Waals surface area contributed by atoms with Gasteiger partial charge in [0.05, 0.1) is 15.1 Å². The molecule has 0 N–H and O–H groups in total. The van der Waals surface area contributed by atoms with Gasteiger partial charge in [-0.05, 0) is 30.7 Å². The second kappa shape index (κ2) is 9.42. The highest BCUT2D eigenvalue weighted by molar-refractivity contribution is 6.40. The lowest BCUT2D eigenvalue weighted by molar-refractivity contribution is -0.136. The first kappa shape index (κ1) is 20.8. The summed E-state index contributed by atoms with van der Waals surface area (Å²) in [6.07, 6.45) is -0.121. The second-order valence-corrected chi connectivity index (χ2v) is 6.71. The van der Waals surface area contributed by atoms with Crippen molar-refractivity contribution in [3.05, 3.63) is 56.2 Å². The van der Waals surface area contributed by atoms with Crippen molar-refractivity contribution in [1.29, 1.82) is 0 Å². The van der Waals surface area contributed by atoms with Gasteiger partial charge in [0.2, 0.25) is 0 Å². The Bertz CT molecular complexity index is 798. The Labute approximate surface area is 168 Å². The van der Waals surface area contributed by atoms with Gasteiger partial charge >= 0.3 is 11.9 Å². The Morgan fingerprint density at radius 3 is 1.92 bits per heavy atom. The van der Waals surface area contributed by atoms with Crippen molar-refractivity contribution in [1.82, 2.24) is 0 Å². The van der Waals surface area contributed by atoms with Crippen LogP contribution in [0, 0.1) is 5.82 Å². The zero-order valence-corrected chi connectivity index (χ0v) is 16.1. The van der Waals surface area contributed by atoms with E-state index in [-0.39, 0.29) is 45.8 Å². The van der Waals surface area contributed by atoms with Crippen LogP contribution in [-0.2, 0) is 9.59 Å². The Morgan fingerprint density at radius 1 is 0.846 bits per heavy atom. The van der Waals surface area contributed by atoms with Gasteiger partial charge in [0.15, 0.2) is 17.3 Å². The lowest BCUT2D eigenvalue weighted by Crippen LogP contribution is -2.12. The van der Waals surface area contributed by atoms with Crippen molar-refractivity contribution in [3.63, 3.8) is 0 Å². The summed E-state index contributed by atoms with van der Waals surface area (Å²) in [6.45, 7) is 0. The van der Waals surface area contributed by atoms with Gasteiger partial charge in [-0.1, -0.05) is 52.5 Å². The molecule has 0 bridgehead atoms. The third-order valence-corrected chi connectivity index (χ3v) is 4.15. The maximum atomic E-state index is 13.5. The number of para-hydroxylation sites is 1. The van der Waals surface area contributed by atoms with Gasteiger partial charge in [-0.15, -0.1) is 0 Å². The van der Waals surface area contributed by atoms with E-state index in [1.54, 1.807) is 0 Å². The molecule has 2 rings (SSSR count). The molecule has 0 atom stereocenters. The average Bonchev–Trinajstić information content (AvgIpc) is 2.54. The number of carbonyl (C=O) groups excluding carboxylic acids is 2. The molecule has 0 amide bonds. The van der Waals surface area contributed by atoms with Crippen LogP contribution >= 0.6 is 46.4 Å². The van der Waals surface area contributed by atoms with E-state index in [4.69, 9.17) is 55.9 Å². The highest BCUT2D eigenvalue weighted by Crippen LogP contribution is 2.36. The summed E-state index contributed by atoms with van der Waals surface area (Å²) in [4.78, 5) is 23.6. The summed E-state index contributed by atoms with van der Waals surface area (Å²) >= 11 is 23.4. The minimum atomic E-state index is -0.753. The Hall–Kier alpha value is -1.53. The van der Waals surface area contributed by atoms with Gasteiger partial charge < -0.3 is 9.47 Å². The normalized spacial score (nSPS) is 10.5. The number of carbonyl (C=O) groups is 2. The molecule has 4 nitrogen and oxygen atoms in total. The maximum absolute atomic E-state index is 13.5. The molecule has 0 aliphatic heterocycles. The Kier molecular flexibility index (Phi) is 7.53. The molecule has 0 heterocycles. The van der Waals surface area contributed by atoms with Crippen LogP contribution in [0.4, 0.5) is 4.39 Å². The molecule has 0 fully saturated rings. The van der Waals surface area contributed by atoms with E-state index in [1.165, 1.54) is 24.3 Å². The molecular weight excluding hydrogens is 429 g/mol. The fourth-order valence-corrected chi connectivity index (χ4v) is 3.01. The van der Waals surface area contributed by atoms with E-state index in [1.807, 2.05) is 0 Å². The summed E-state index contributed by atoms with van der Waals surface area (Å²) in [5.41, 5.74) is 0. The third kappa shape index (κ3) is 5.74. The maximum Gasteiger partial charge on any atom is 0.311 e. The fourth-order valence-electron chi connectivity index (χ4n) is 1.91. The molecule has 0 aliphatic rings. The van der Waals surface area contributed by atoms with Crippen LogP contribution in [0.1, 0.15) is 19.3 Å². The van der Waals surface area contributed by atoms with Crippen LogP contribution in [0.3, 0.4) is 0 Å².